The summed E-state index contributed by atoms with van der Waals surface area (Å²) >= 11 is 0. The zero-order valence-electron chi connectivity index (χ0n) is 10.2. The summed E-state index contributed by atoms with van der Waals surface area (Å²) in [6, 6.07) is 10.7. The highest BCUT2D eigenvalue weighted by Gasteiger charge is 2.45. The van der Waals surface area contributed by atoms with Crippen LogP contribution in [0.3, 0.4) is 0 Å². The summed E-state index contributed by atoms with van der Waals surface area (Å²) < 4.78 is 5.35. The highest BCUT2D eigenvalue weighted by Crippen LogP contribution is 2.48. The Labute approximate surface area is 110 Å². The van der Waals surface area contributed by atoms with Crippen molar-refractivity contribution in [2.45, 2.75) is 5.54 Å². The first-order valence-corrected chi connectivity index (χ1v) is 6.21. The largest absolute Gasteiger partial charge is 0.508 e. The van der Waals surface area contributed by atoms with Crippen molar-refractivity contribution >= 4 is 5.69 Å². The summed E-state index contributed by atoms with van der Waals surface area (Å²) in [7, 11) is 0. The van der Waals surface area contributed by atoms with Crippen LogP contribution in [-0.2, 0) is 10.3 Å². The second kappa shape index (κ2) is 3.42. The van der Waals surface area contributed by atoms with Gasteiger partial charge < -0.3 is 20.3 Å². The van der Waals surface area contributed by atoms with E-state index in [4.69, 9.17) is 4.74 Å². The number of phenols is 2. The second-order valence-corrected chi connectivity index (χ2v) is 5.16. The average Bonchev–Trinajstić information content (AvgIpc) is 2.35. The molecule has 0 aliphatic carbocycles. The van der Waals surface area contributed by atoms with Crippen LogP contribution in [0.1, 0.15) is 5.56 Å². The summed E-state index contributed by atoms with van der Waals surface area (Å²) in [4.78, 5) is 0. The molecule has 4 heteroatoms. The van der Waals surface area contributed by atoms with E-state index in [2.05, 4.69) is 5.32 Å². The van der Waals surface area contributed by atoms with Gasteiger partial charge in [-0.1, -0.05) is 6.07 Å². The lowest BCUT2D eigenvalue weighted by Gasteiger charge is -2.47. The number of fused-ring (bicyclic) bond motifs is 4. The van der Waals surface area contributed by atoms with Crippen LogP contribution in [0.4, 0.5) is 5.69 Å². The Kier molecular flexibility index (Phi) is 1.93. The summed E-state index contributed by atoms with van der Waals surface area (Å²) in [6.07, 6.45) is 0. The van der Waals surface area contributed by atoms with Crippen molar-refractivity contribution in [1.82, 2.24) is 0 Å². The number of phenolic OH excluding ortho intramolecular Hbond substituents is 2. The minimum absolute atomic E-state index is 0.240. The molecule has 0 atom stereocenters. The predicted octanol–water partition coefficient (Wildman–Crippen LogP) is 2.42. The van der Waals surface area contributed by atoms with Gasteiger partial charge >= 0.3 is 0 Å². The van der Waals surface area contributed by atoms with Crippen LogP contribution < -0.4 is 5.32 Å². The van der Waals surface area contributed by atoms with Crippen molar-refractivity contribution in [2.75, 3.05) is 18.5 Å². The standard InChI is InChI=1S/C15H13NO3/c17-9-1-3-11-12-4-2-10(18)6-14(12)16-15(7-19-8-15)13(11)5-9/h1-6,16-18H,7-8H2. The molecule has 0 radical (unpaired) electrons. The number of anilines is 1. The van der Waals surface area contributed by atoms with Crippen LogP contribution in [0.2, 0.25) is 0 Å². The van der Waals surface area contributed by atoms with Gasteiger partial charge in [0, 0.05) is 17.3 Å². The molecule has 4 nitrogen and oxygen atoms in total. The topological polar surface area (TPSA) is 61.7 Å². The molecule has 19 heavy (non-hydrogen) atoms. The second-order valence-electron chi connectivity index (χ2n) is 5.16. The molecule has 2 aliphatic rings. The van der Waals surface area contributed by atoms with Gasteiger partial charge in [-0.05, 0) is 35.4 Å². The van der Waals surface area contributed by atoms with E-state index in [-0.39, 0.29) is 17.0 Å². The maximum Gasteiger partial charge on any atom is 0.117 e. The molecule has 96 valence electrons. The molecule has 3 N–H and O–H groups in total. The van der Waals surface area contributed by atoms with E-state index in [0.29, 0.717) is 13.2 Å². The molecule has 0 bridgehead atoms. The van der Waals surface area contributed by atoms with E-state index < -0.39 is 0 Å². The fraction of sp³-hybridized carbons (Fsp3) is 0.200. The fourth-order valence-electron chi connectivity index (χ4n) is 2.89. The van der Waals surface area contributed by atoms with E-state index in [1.807, 2.05) is 12.1 Å². The first-order chi connectivity index (χ1) is 9.18. The van der Waals surface area contributed by atoms with Crippen molar-refractivity contribution in [3.8, 4) is 22.6 Å². The number of ether oxygens (including phenoxy) is 1. The fourth-order valence-corrected chi connectivity index (χ4v) is 2.89. The lowest BCUT2D eigenvalue weighted by Crippen LogP contribution is -2.54. The van der Waals surface area contributed by atoms with Crippen LogP contribution in [0.25, 0.3) is 11.1 Å². The van der Waals surface area contributed by atoms with E-state index in [0.717, 1.165) is 22.4 Å². The molecule has 2 aliphatic heterocycles. The number of hydrogen-bond donors (Lipinski definition) is 3. The average molecular weight is 255 g/mol. The van der Waals surface area contributed by atoms with Crippen LogP contribution in [0.5, 0.6) is 11.5 Å². The first kappa shape index (κ1) is 10.7. The molecule has 1 saturated heterocycles. The SMILES string of the molecule is Oc1ccc2c(c1)NC1(COC1)c1cc(O)ccc1-2. The Balaban J connectivity index is 2.00. The quantitative estimate of drug-likeness (QED) is 0.676. The van der Waals surface area contributed by atoms with Crippen molar-refractivity contribution < 1.29 is 14.9 Å². The van der Waals surface area contributed by atoms with E-state index in [1.165, 1.54) is 0 Å². The van der Waals surface area contributed by atoms with Crippen molar-refractivity contribution in [1.29, 1.82) is 0 Å². The van der Waals surface area contributed by atoms with E-state index >= 15 is 0 Å². The third-order valence-corrected chi connectivity index (χ3v) is 3.88. The Morgan fingerprint density at radius 1 is 0.947 bits per heavy atom. The molecule has 1 spiro atoms. The summed E-state index contributed by atoms with van der Waals surface area (Å²) in [6.45, 7) is 1.14. The smallest absolute Gasteiger partial charge is 0.117 e. The minimum Gasteiger partial charge on any atom is -0.508 e. The molecule has 2 aromatic rings. The van der Waals surface area contributed by atoms with E-state index in [9.17, 15) is 10.2 Å². The highest BCUT2D eigenvalue weighted by atomic mass is 16.5. The normalized spacial score (nSPS) is 18.1. The molecular formula is C15H13NO3. The van der Waals surface area contributed by atoms with Gasteiger partial charge in [0.05, 0.1) is 13.2 Å². The molecule has 0 saturated carbocycles. The molecular weight excluding hydrogens is 242 g/mol. The third kappa shape index (κ3) is 1.37. The maximum atomic E-state index is 9.72. The lowest BCUT2D eigenvalue weighted by atomic mass is 9.78. The van der Waals surface area contributed by atoms with Crippen LogP contribution in [-0.4, -0.2) is 23.4 Å². The van der Waals surface area contributed by atoms with Gasteiger partial charge in [0.2, 0.25) is 0 Å². The van der Waals surface area contributed by atoms with Gasteiger partial charge in [0.1, 0.15) is 17.0 Å². The Morgan fingerprint density at radius 2 is 1.63 bits per heavy atom. The van der Waals surface area contributed by atoms with Crippen molar-refractivity contribution in [3.05, 3.63) is 42.0 Å². The molecule has 2 heterocycles. The molecule has 1 fully saturated rings. The Hall–Kier alpha value is -2.20. The predicted molar refractivity (Wildman–Crippen MR) is 71.3 cm³/mol. The zero-order valence-corrected chi connectivity index (χ0v) is 10.2. The van der Waals surface area contributed by atoms with Crippen molar-refractivity contribution in [3.63, 3.8) is 0 Å². The molecule has 0 amide bonds. The monoisotopic (exact) mass is 255 g/mol. The van der Waals surface area contributed by atoms with Crippen LogP contribution in [0, 0.1) is 0 Å². The number of hydrogen-bond acceptors (Lipinski definition) is 4. The number of rotatable bonds is 0. The lowest BCUT2D eigenvalue weighted by molar-refractivity contribution is -0.0449. The summed E-state index contributed by atoms with van der Waals surface area (Å²) in [5, 5.41) is 22.8. The first-order valence-electron chi connectivity index (χ1n) is 6.21. The van der Waals surface area contributed by atoms with Gasteiger partial charge in [-0.15, -0.1) is 0 Å². The Morgan fingerprint density at radius 3 is 2.32 bits per heavy atom. The van der Waals surface area contributed by atoms with Gasteiger partial charge in [-0.25, -0.2) is 0 Å². The van der Waals surface area contributed by atoms with Gasteiger partial charge in [-0.3, -0.25) is 0 Å². The molecule has 0 aromatic heterocycles. The number of aromatic hydroxyl groups is 2. The third-order valence-electron chi connectivity index (χ3n) is 3.88. The number of benzene rings is 2. The number of nitrogens with one attached hydrogen (secondary N) is 1. The highest BCUT2D eigenvalue weighted by molar-refractivity contribution is 5.86. The van der Waals surface area contributed by atoms with Crippen molar-refractivity contribution in [2.24, 2.45) is 0 Å². The molecule has 0 unspecified atom stereocenters. The maximum absolute atomic E-state index is 9.72. The zero-order chi connectivity index (χ0) is 13.0. The van der Waals surface area contributed by atoms with Crippen LogP contribution >= 0.6 is 0 Å². The van der Waals surface area contributed by atoms with Crippen LogP contribution in [0.15, 0.2) is 36.4 Å². The molecule has 2 aromatic carbocycles. The minimum atomic E-state index is -0.283. The Bertz CT molecular complexity index is 677. The van der Waals surface area contributed by atoms with Gasteiger partial charge in [0.25, 0.3) is 0 Å². The van der Waals surface area contributed by atoms with E-state index in [1.54, 1.807) is 24.3 Å². The molecule has 4 rings (SSSR count). The summed E-state index contributed by atoms with van der Waals surface area (Å²) in [5.74, 6) is 0.498. The van der Waals surface area contributed by atoms with Gasteiger partial charge in [-0.2, -0.15) is 0 Å². The summed E-state index contributed by atoms with van der Waals surface area (Å²) in [5.41, 5.74) is 3.79. The van der Waals surface area contributed by atoms with Gasteiger partial charge in [0.15, 0.2) is 0 Å².